The van der Waals surface area contributed by atoms with E-state index in [0.29, 0.717) is 29.3 Å². The van der Waals surface area contributed by atoms with Crippen molar-refractivity contribution in [2.45, 2.75) is 12.5 Å². The number of anilines is 1. The molecule has 0 radical (unpaired) electrons. The van der Waals surface area contributed by atoms with Gasteiger partial charge < -0.3 is 16.2 Å². The van der Waals surface area contributed by atoms with Crippen LogP contribution in [-0.2, 0) is 4.79 Å². The Morgan fingerprint density at radius 1 is 1.80 bits per heavy atom. The van der Waals surface area contributed by atoms with Gasteiger partial charge in [0.2, 0.25) is 0 Å². The molecule has 0 amide bonds. The summed E-state index contributed by atoms with van der Waals surface area (Å²) in [5.74, 6) is -1.02. The van der Waals surface area contributed by atoms with Crippen molar-refractivity contribution in [1.29, 1.82) is 0 Å². The van der Waals surface area contributed by atoms with Crippen molar-refractivity contribution in [3.8, 4) is 0 Å². The highest BCUT2D eigenvalue weighted by molar-refractivity contribution is 7.17. The summed E-state index contributed by atoms with van der Waals surface area (Å²) in [7, 11) is 0. The predicted molar refractivity (Wildman–Crippen MR) is 56.2 cm³/mol. The molecular weight excluding hydrogens is 218 g/mol. The molecule has 1 heterocycles. The molecule has 0 fully saturated rings. The molecule has 0 saturated heterocycles. The van der Waals surface area contributed by atoms with E-state index in [4.69, 9.17) is 10.8 Å². The van der Waals surface area contributed by atoms with E-state index in [1.807, 2.05) is 0 Å². The Morgan fingerprint density at radius 2 is 2.53 bits per heavy atom. The molecule has 1 aromatic rings. The third-order valence-electron chi connectivity index (χ3n) is 1.69. The van der Waals surface area contributed by atoms with Crippen molar-refractivity contribution >= 4 is 28.7 Å². The van der Waals surface area contributed by atoms with Gasteiger partial charge in [0.25, 0.3) is 0 Å². The van der Waals surface area contributed by atoms with Crippen LogP contribution in [0, 0.1) is 0 Å². The Hall–Kier alpha value is -1.47. The Labute approximate surface area is 90.1 Å². The number of carbonyl (C=O) groups is 2. The van der Waals surface area contributed by atoms with Gasteiger partial charge in [0.05, 0.1) is 11.1 Å². The smallest absolute Gasteiger partial charge is 0.320 e. The molecule has 15 heavy (non-hydrogen) atoms. The zero-order valence-corrected chi connectivity index (χ0v) is 8.66. The number of carboxylic acids is 1. The van der Waals surface area contributed by atoms with Gasteiger partial charge in [0.15, 0.2) is 11.4 Å². The molecule has 0 aromatic carbocycles. The van der Waals surface area contributed by atoms with Crippen LogP contribution >= 0.6 is 11.3 Å². The van der Waals surface area contributed by atoms with E-state index in [9.17, 15) is 9.59 Å². The van der Waals surface area contributed by atoms with E-state index in [2.05, 4.69) is 10.3 Å². The monoisotopic (exact) mass is 229 g/mol. The molecule has 0 aliphatic heterocycles. The van der Waals surface area contributed by atoms with Crippen LogP contribution < -0.4 is 11.1 Å². The molecule has 1 aromatic heterocycles. The summed E-state index contributed by atoms with van der Waals surface area (Å²) < 4.78 is 0. The summed E-state index contributed by atoms with van der Waals surface area (Å²) in [6.45, 7) is 0.416. The third kappa shape index (κ3) is 3.64. The molecule has 0 aliphatic carbocycles. The lowest BCUT2D eigenvalue weighted by atomic mass is 10.2. The largest absolute Gasteiger partial charge is 0.480 e. The second-order valence-electron chi connectivity index (χ2n) is 2.85. The van der Waals surface area contributed by atoms with E-state index in [1.54, 1.807) is 0 Å². The van der Waals surface area contributed by atoms with Crippen LogP contribution in [0.25, 0.3) is 0 Å². The SMILES string of the molecule is N[C@@H](CCNc1ncc(C=O)s1)C(=O)O. The second-order valence-corrected chi connectivity index (χ2v) is 3.91. The summed E-state index contributed by atoms with van der Waals surface area (Å²) in [6.07, 6.45) is 2.48. The molecule has 7 heteroatoms. The summed E-state index contributed by atoms with van der Waals surface area (Å²) >= 11 is 1.21. The number of hydrogen-bond donors (Lipinski definition) is 3. The number of thiazole rings is 1. The molecule has 1 atom stereocenters. The number of rotatable bonds is 6. The standard InChI is InChI=1S/C8H11N3O3S/c9-6(7(13)14)1-2-10-8-11-3-5(4-12)15-8/h3-4,6H,1-2,9H2,(H,10,11)(H,13,14)/t6-/m0/s1. The van der Waals surface area contributed by atoms with Gasteiger partial charge in [-0.05, 0) is 6.42 Å². The first-order chi connectivity index (χ1) is 7.13. The minimum atomic E-state index is -1.02. The van der Waals surface area contributed by atoms with Crippen LogP contribution in [0.5, 0.6) is 0 Å². The number of aliphatic carboxylic acids is 1. The number of hydrogen-bond acceptors (Lipinski definition) is 6. The van der Waals surface area contributed by atoms with Crippen LogP contribution in [0.1, 0.15) is 16.1 Å². The van der Waals surface area contributed by atoms with Crippen LogP contribution in [0.4, 0.5) is 5.13 Å². The molecule has 0 spiro atoms. The summed E-state index contributed by atoms with van der Waals surface area (Å²) in [4.78, 5) is 25.2. The molecule has 82 valence electrons. The lowest BCUT2D eigenvalue weighted by Crippen LogP contribution is -2.32. The van der Waals surface area contributed by atoms with Crippen molar-refractivity contribution < 1.29 is 14.7 Å². The van der Waals surface area contributed by atoms with E-state index in [1.165, 1.54) is 17.5 Å². The highest BCUT2D eigenvalue weighted by Gasteiger charge is 2.10. The van der Waals surface area contributed by atoms with Crippen molar-refractivity contribution in [3.63, 3.8) is 0 Å². The zero-order valence-electron chi connectivity index (χ0n) is 7.84. The van der Waals surface area contributed by atoms with Crippen molar-refractivity contribution in [2.24, 2.45) is 5.73 Å². The maximum absolute atomic E-state index is 10.4. The molecule has 0 saturated carbocycles. The fraction of sp³-hybridized carbons (Fsp3) is 0.375. The van der Waals surface area contributed by atoms with E-state index < -0.39 is 12.0 Å². The first-order valence-electron chi connectivity index (χ1n) is 4.26. The highest BCUT2D eigenvalue weighted by Crippen LogP contribution is 2.15. The minimum Gasteiger partial charge on any atom is -0.480 e. The maximum atomic E-state index is 10.4. The zero-order chi connectivity index (χ0) is 11.3. The lowest BCUT2D eigenvalue weighted by Gasteiger charge is -2.05. The van der Waals surface area contributed by atoms with Gasteiger partial charge >= 0.3 is 5.97 Å². The van der Waals surface area contributed by atoms with Gasteiger partial charge in [-0.2, -0.15) is 0 Å². The minimum absolute atomic E-state index is 0.311. The van der Waals surface area contributed by atoms with Crippen LogP contribution in [0.3, 0.4) is 0 Å². The van der Waals surface area contributed by atoms with Gasteiger partial charge in [0, 0.05) is 6.54 Å². The highest BCUT2D eigenvalue weighted by atomic mass is 32.1. The number of nitrogens with zero attached hydrogens (tertiary/aromatic N) is 1. The number of carbonyl (C=O) groups excluding carboxylic acids is 1. The normalized spacial score (nSPS) is 12.1. The number of nitrogens with one attached hydrogen (secondary N) is 1. The van der Waals surface area contributed by atoms with Crippen LogP contribution in [0.2, 0.25) is 0 Å². The number of aromatic nitrogens is 1. The van der Waals surface area contributed by atoms with Gasteiger partial charge in [-0.3, -0.25) is 9.59 Å². The van der Waals surface area contributed by atoms with E-state index in [0.717, 1.165) is 0 Å². The average Bonchev–Trinajstić information content (AvgIpc) is 2.65. The van der Waals surface area contributed by atoms with Crippen LogP contribution in [0.15, 0.2) is 6.20 Å². The topological polar surface area (TPSA) is 105 Å². The summed E-state index contributed by atoms with van der Waals surface area (Å²) in [5.41, 5.74) is 5.30. The number of nitrogens with two attached hydrogens (primary N) is 1. The summed E-state index contributed by atoms with van der Waals surface area (Å²) in [6, 6.07) is -0.872. The average molecular weight is 229 g/mol. The molecular formula is C8H11N3O3S. The molecule has 0 unspecified atom stereocenters. The van der Waals surface area contributed by atoms with Gasteiger partial charge in [-0.1, -0.05) is 11.3 Å². The first kappa shape index (κ1) is 11.6. The van der Waals surface area contributed by atoms with Gasteiger partial charge in [-0.25, -0.2) is 4.98 Å². The van der Waals surface area contributed by atoms with E-state index >= 15 is 0 Å². The fourth-order valence-corrected chi connectivity index (χ4v) is 1.54. The summed E-state index contributed by atoms with van der Waals surface area (Å²) in [5, 5.41) is 12.0. The van der Waals surface area contributed by atoms with Gasteiger partial charge in [-0.15, -0.1) is 0 Å². The lowest BCUT2D eigenvalue weighted by molar-refractivity contribution is -0.138. The molecule has 6 nitrogen and oxygen atoms in total. The molecule has 0 aliphatic rings. The fourth-order valence-electron chi connectivity index (χ4n) is 0.881. The Bertz CT molecular complexity index is 353. The number of carboxylic acid groups (broad SMARTS) is 1. The second kappa shape index (κ2) is 5.42. The Kier molecular flexibility index (Phi) is 4.19. The van der Waals surface area contributed by atoms with Crippen molar-refractivity contribution in [1.82, 2.24) is 4.98 Å². The first-order valence-corrected chi connectivity index (χ1v) is 5.08. The quantitative estimate of drug-likeness (QED) is 0.600. The third-order valence-corrected chi connectivity index (χ3v) is 2.57. The molecule has 1 rings (SSSR count). The van der Waals surface area contributed by atoms with Gasteiger partial charge in [0.1, 0.15) is 6.04 Å². The Balaban J connectivity index is 2.31. The Morgan fingerprint density at radius 3 is 3.07 bits per heavy atom. The van der Waals surface area contributed by atoms with Crippen LogP contribution in [-0.4, -0.2) is 34.9 Å². The van der Waals surface area contributed by atoms with Crippen molar-refractivity contribution in [3.05, 3.63) is 11.1 Å². The number of aldehydes is 1. The maximum Gasteiger partial charge on any atom is 0.320 e. The predicted octanol–water partition coefficient (Wildman–Crippen LogP) is 0.169. The van der Waals surface area contributed by atoms with E-state index in [-0.39, 0.29) is 0 Å². The molecule has 0 bridgehead atoms. The molecule has 4 N–H and O–H groups in total. The van der Waals surface area contributed by atoms with Crippen molar-refractivity contribution in [2.75, 3.05) is 11.9 Å².